The van der Waals surface area contributed by atoms with E-state index in [9.17, 15) is 0 Å². The number of rotatable bonds is 4. The van der Waals surface area contributed by atoms with Gasteiger partial charge in [-0.2, -0.15) is 11.8 Å². The normalized spacial score (nSPS) is 12.8. The van der Waals surface area contributed by atoms with Gasteiger partial charge in [0.2, 0.25) is 0 Å². The number of nitrogens with two attached hydrogens (primary N) is 1. The molecule has 0 radical (unpaired) electrons. The molecule has 13 heavy (non-hydrogen) atoms. The summed E-state index contributed by atoms with van der Waals surface area (Å²) < 4.78 is 0. The quantitative estimate of drug-likeness (QED) is 0.786. The maximum atomic E-state index is 5.66. The van der Waals surface area contributed by atoms with Crippen molar-refractivity contribution in [2.45, 2.75) is 17.9 Å². The molecular weight excluding hydrogens is 204 g/mol. The molecule has 1 unspecified atom stereocenters. The van der Waals surface area contributed by atoms with Crippen LogP contribution in [0, 0.1) is 0 Å². The van der Waals surface area contributed by atoms with Crippen molar-refractivity contribution in [3.05, 3.63) is 29.0 Å². The maximum Gasteiger partial charge on any atom is 0.129 e. The van der Waals surface area contributed by atoms with E-state index in [0.717, 1.165) is 5.75 Å². The second-order valence-corrected chi connectivity index (χ2v) is 4.66. The van der Waals surface area contributed by atoms with Crippen molar-refractivity contribution in [3.8, 4) is 0 Å². The van der Waals surface area contributed by atoms with E-state index < -0.39 is 0 Å². The van der Waals surface area contributed by atoms with Gasteiger partial charge in [0.05, 0.1) is 0 Å². The van der Waals surface area contributed by atoms with Gasteiger partial charge >= 0.3 is 0 Å². The van der Waals surface area contributed by atoms with Gasteiger partial charge in [0, 0.05) is 23.7 Å². The fraction of sp³-hybridized carbons (Fsp3) is 0.444. The number of nitrogens with zero attached hydrogens (tertiary/aromatic N) is 1. The predicted molar refractivity (Wildman–Crippen MR) is 59.1 cm³/mol. The van der Waals surface area contributed by atoms with Crippen molar-refractivity contribution in [3.63, 3.8) is 0 Å². The molecule has 4 heteroatoms. The number of halogens is 1. The van der Waals surface area contributed by atoms with Crippen molar-refractivity contribution >= 4 is 23.4 Å². The van der Waals surface area contributed by atoms with Gasteiger partial charge in [-0.25, -0.2) is 4.98 Å². The van der Waals surface area contributed by atoms with Crippen molar-refractivity contribution in [2.24, 2.45) is 5.73 Å². The summed E-state index contributed by atoms with van der Waals surface area (Å²) in [5.74, 6) is 0.947. The van der Waals surface area contributed by atoms with Crippen LogP contribution in [0.2, 0.25) is 5.15 Å². The molecule has 0 aliphatic carbocycles. The summed E-state index contributed by atoms with van der Waals surface area (Å²) in [6.07, 6.45) is 1.80. The molecule has 0 saturated heterocycles. The second-order valence-electron chi connectivity index (χ2n) is 2.85. The van der Waals surface area contributed by atoms with Crippen LogP contribution >= 0.6 is 23.4 Å². The number of aromatic nitrogens is 1. The summed E-state index contributed by atoms with van der Waals surface area (Å²) in [5.41, 5.74) is 6.69. The minimum atomic E-state index is 0.496. The molecule has 0 bridgehead atoms. The number of hydrogen-bond donors (Lipinski definition) is 1. The Kier molecular flexibility index (Phi) is 4.56. The van der Waals surface area contributed by atoms with Gasteiger partial charge in [-0.15, -0.1) is 0 Å². The largest absolute Gasteiger partial charge is 0.329 e. The first-order chi connectivity index (χ1) is 6.22. The van der Waals surface area contributed by atoms with Crippen LogP contribution in [0.1, 0.15) is 12.5 Å². The van der Waals surface area contributed by atoms with Crippen molar-refractivity contribution < 1.29 is 0 Å². The molecule has 1 rings (SSSR count). The Morgan fingerprint density at radius 2 is 2.38 bits per heavy atom. The summed E-state index contributed by atoms with van der Waals surface area (Å²) in [6, 6.07) is 3.80. The van der Waals surface area contributed by atoms with Crippen LogP contribution in [0.3, 0.4) is 0 Å². The Hall–Kier alpha value is -0.250. The van der Waals surface area contributed by atoms with Crippen LogP contribution < -0.4 is 5.73 Å². The van der Waals surface area contributed by atoms with E-state index in [1.54, 1.807) is 6.20 Å². The lowest BCUT2D eigenvalue weighted by Crippen LogP contribution is -2.12. The molecule has 1 heterocycles. The molecule has 2 nitrogen and oxygen atoms in total. The van der Waals surface area contributed by atoms with Crippen molar-refractivity contribution in [1.29, 1.82) is 0 Å². The highest BCUT2D eigenvalue weighted by atomic mass is 35.5. The van der Waals surface area contributed by atoms with E-state index in [0.29, 0.717) is 16.9 Å². The van der Waals surface area contributed by atoms with Gasteiger partial charge in [-0.05, 0) is 11.6 Å². The molecular formula is C9H13ClN2S. The molecule has 0 saturated carbocycles. The van der Waals surface area contributed by atoms with Crippen LogP contribution in [-0.4, -0.2) is 16.8 Å². The minimum absolute atomic E-state index is 0.496. The van der Waals surface area contributed by atoms with E-state index in [1.807, 2.05) is 23.9 Å². The van der Waals surface area contributed by atoms with E-state index in [1.165, 1.54) is 5.56 Å². The zero-order chi connectivity index (χ0) is 9.68. The first-order valence-corrected chi connectivity index (χ1v) is 5.57. The molecule has 0 aromatic carbocycles. The Balaban J connectivity index is 2.41. The van der Waals surface area contributed by atoms with E-state index in [-0.39, 0.29) is 0 Å². The molecule has 0 fully saturated rings. The molecule has 0 amide bonds. The van der Waals surface area contributed by atoms with Gasteiger partial charge in [-0.1, -0.05) is 24.6 Å². The number of pyridine rings is 1. The Morgan fingerprint density at radius 3 is 2.92 bits per heavy atom. The molecule has 0 spiro atoms. The Bertz CT molecular complexity index is 250. The average Bonchev–Trinajstić information content (AvgIpc) is 2.16. The summed E-state index contributed by atoms with van der Waals surface area (Å²) in [4.78, 5) is 4.00. The SMILES string of the molecule is CC(CN)SCc1ccc(Cl)nc1. The van der Waals surface area contributed by atoms with E-state index >= 15 is 0 Å². The van der Waals surface area contributed by atoms with Gasteiger partial charge < -0.3 is 5.73 Å². The lowest BCUT2D eigenvalue weighted by molar-refractivity contribution is 0.950. The fourth-order valence-corrected chi connectivity index (χ4v) is 1.69. The summed E-state index contributed by atoms with van der Waals surface area (Å²) >= 11 is 7.49. The first kappa shape index (κ1) is 10.8. The van der Waals surface area contributed by atoms with E-state index in [2.05, 4.69) is 11.9 Å². The van der Waals surface area contributed by atoms with Crippen LogP contribution in [0.4, 0.5) is 0 Å². The van der Waals surface area contributed by atoms with Gasteiger partial charge in [-0.3, -0.25) is 0 Å². The third-order valence-electron chi connectivity index (χ3n) is 1.66. The van der Waals surface area contributed by atoms with Crippen molar-refractivity contribution in [2.75, 3.05) is 6.54 Å². The first-order valence-electron chi connectivity index (χ1n) is 4.14. The Labute approximate surface area is 87.9 Å². The lowest BCUT2D eigenvalue weighted by Gasteiger charge is -2.07. The van der Waals surface area contributed by atoms with Crippen LogP contribution in [0.15, 0.2) is 18.3 Å². The highest BCUT2D eigenvalue weighted by Crippen LogP contribution is 2.16. The predicted octanol–water partition coefficient (Wildman–Crippen LogP) is 2.32. The summed E-state index contributed by atoms with van der Waals surface area (Å²) in [5, 5.41) is 1.04. The monoisotopic (exact) mass is 216 g/mol. The maximum absolute atomic E-state index is 5.66. The highest BCUT2D eigenvalue weighted by molar-refractivity contribution is 7.99. The smallest absolute Gasteiger partial charge is 0.129 e. The molecule has 1 atom stereocenters. The molecule has 1 aromatic heterocycles. The summed E-state index contributed by atoms with van der Waals surface area (Å²) in [7, 11) is 0. The third kappa shape index (κ3) is 3.98. The number of hydrogen-bond acceptors (Lipinski definition) is 3. The Morgan fingerprint density at radius 1 is 1.62 bits per heavy atom. The highest BCUT2D eigenvalue weighted by Gasteiger charge is 2.00. The van der Waals surface area contributed by atoms with Crippen LogP contribution in [0.5, 0.6) is 0 Å². The van der Waals surface area contributed by atoms with Gasteiger partial charge in [0.15, 0.2) is 0 Å². The van der Waals surface area contributed by atoms with Crippen LogP contribution in [-0.2, 0) is 5.75 Å². The molecule has 1 aromatic rings. The molecule has 0 aliphatic rings. The number of thioether (sulfide) groups is 1. The lowest BCUT2D eigenvalue weighted by atomic mass is 10.3. The van der Waals surface area contributed by atoms with Crippen LogP contribution in [0.25, 0.3) is 0 Å². The molecule has 2 N–H and O–H groups in total. The zero-order valence-electron chi connectivity index (χ0n) is 7.53. The fourth-order valence-electron chi connectivity index (χ4n) is 0.798. The molecule has 0 aliphatic heterocycles. The summed E-state index contributed by atoms with van der Waals surface area (Å²) in [6.45, 7) is 2.83. The second kappa shape index (κ2) is 5.47. The zero-order valence-corrected chi connectivity index (χ0v) is 9.11. The standard InChI is InChI=1S/C9H13ClN2S/c1-7(4-11)13-6-8-2-3-9(10)12-5-8/h2-3,5,7H,4,6,11H2,1H3. The topological polar surface area (TPSA) is 38.9 Å². The minimum Gasteiger partial charge on any atom is -0.329 e. The van der Waals surface area contributed by atoms with Crippen molar-refractivity contribution in [1.82, 2.24) is 4.98 Å². The molecule has 72 valence electrons. The van der Waals surface area contributed by atoms with E-state index in [4.69, 9.17) is 17.3 Å². The van der Waals surface area contributed by atoms with Gasteiger partial charge in [0.1, 0.15) is 5.15 Å². The average molecular weight is 217 g/mol. The third-order valence-corrected chi connectivity index (χ3v) is 3.14. The van der Waals surface area contributed by atoms with Gasteiger partial charge in [0.25, 0.3) is 0 Å².